The van der Waals surface area contributed by atoms with Gasteiger partial charge in [-0.05, 0) is 107 Å². The molecule has 1 saturated carbocycles. The van der Waals surface area contributed by atoms with Gasteiger partial charge in [-0.1, -0.05) is 36.4 Å². The number of amides is 5. The SMILES string of the molecule is Cc1ccc2cc1CNC(=O)[C@H](CCc1ccccc1)NC(=O)[C@@H](NC(=O)C1CC3(C1)CN(C(=O)OC(C)(C)C)C3)CC(=O)N1CCCC(CCO2)C1. The number of carbonyl (C=O) groups is 5. The molecular formula is C41H55N5O7. The molecule has 6 rings (SSSR count). The number of benzene rings is 2. The van der Waals surface area contributed by atoms with Gasteiger partial charge in [0.15, 0.2) is 0 Å². The Morgan fingerprint density at radius 3 is 2.51 bits per heavy atom. The van der Waals surface area contributed by atoms with E-state index in [1.54, 1.807) is 9.80 Å². The minimum absolute atomic E-state index is 0.139. The topological polar surface area (TPSA) is 146 Å². The van der Waals surface area contributed by atoms with E-state index in [2.05, 4.69) is 16.0 Å². The molecule has 4 bridgehead atoms. The van der Waals surface area contributed by atoms with E-state index in [1.807, 2.05) is 76.2 Å². The van der Waals surface area contributed by atoms with Crippen LogP contribution in [0.1, 0.15) is 82.4 Å². The van der Waals surface area contributed by atoms with Crippen molar-refractivity contribution in [3.8, 4) is 5.75 Å². The van der Waals surface area contributed by atoms with Gasteiger partial charge in [0.2, 0.25) is 23.6 Å². The number of carbonyl (C=O) groups excluding carboxylic acids is 5. The molecule has 3 N–H and O–H groups in total. The lowest BCUT2D eigenvalue weighted by Crippen LogP contribution is -2.66. The molecule has 12 heteroatoms. The summed E-state index contributed by atoms with van der Waals surface area (Å²) in [6.07, 6.45) is 4.08. The van der Waals surface area contributed by atoms with Gasteiger partial charge in [-0.15, -0.1) is 0 Å². The lowest BCUT2D eigenvalue weighted by molar-refractivity contribution is -0.146. The van der Waals surface area contributed by atoms with E-state index in [0.29, 0.717) is 58.5 Å². The highest BCUT2D eigenvalue weighted by Crippen LogP contribution is 2.52. The first-order valence-corrected chi connectivity index (χ1v) is 19.2. The van der Waals surface area contributed by atoms with E-state index in [4.69, 9.17) is 9.47 Å². The van der Waals surface area contributed by atoms with E-state index in [0.717, 1.165) is 41.7 Å². The number of likely N-dealkylation sites (tertiary alicyclic amines) is 1. The summed E-state index contributed by atoms with van der Waals surface area (Å²) in [5.41, 5.74) is 2.23. The molecule has 286 valence electrons. The van der Waals surface area contributed by atoms with Gasteiger partial charge >= 0.3 is 6.09 Å². The Morgan fingerprint density at radius 1 is 1.02 bits per heavy atom. The molecule has 4 aliphatic rings. The van der Waals surface area contributed by atoms with Crippen molar-refractivity contribution >= 4 is 29.7 Å². The van der Waals surface area contributed by atoms with Crippen LogP contribution in [0.3, 0.4) is 0 Å². The van der Waals surface area contributed by atoms with Crippen LogP contribution in [0.5, 0.6) is 5.75 Å². The summed E-state index contributed by atoms with van der Waals surface area (Å²) in [4.78, 5) is 71.4. The predicted octanol–water partition coefficient (Wildman–Crippen LogP) is 4.27. The fraction of sp³-hybridized carbons (Fsp3) is 0.585. The summed E-state index contributed by atoms with van der Waals surface area (Å²) in [5, 5.41) is 8.85. The van der Waals surface area contributed by atoms with E-state index in [1.165, 1.54) is 0 Å². The maximum Gasteiger partial charge on any atom is 0.410 e. The Kier molecular flexibility index (Phi) is 11.6. The second-order valence-corrected chi connectivity index (χ2v) is 16.6. The summed E-state index contributed by atoms with van der Waals surface area (Å²) in [6, 6.07) is 13.5. The number of hydrogen-bond acceptors (Lipinski definition) is 7. The second kappa shape index (κ2) is 16.2. The Morgan fingerprint density at radius 2 is 1.77 bits per heavy atom. The van der Waals surface area contributed by atoms with Gasteiger partial charge in [0.05, 0.1) is 13.0 Å². The normalized spacial score (nSPS) is 24.0. The summed E-state index contributed by atoms with van der Waals surface area (Å²) in [6.45, 7) is 10.4. The Balaban J connectivity index is 1.17. The fourth-order valence-electron chi connectivity index (χ4n) is 8.05. The molecule has 3 atom stereocenters. The van der Waals surface area contributed by atoms with Crippen LogP contribution in [0.2, 0.25) is 0 Å². The lowest BCUT2D eigenvalue weighted by Gasteiger charge is -2.58. The van der Waals surface area contributed by atoms with E-state index in [9.17, 15) is 24.0 Å². The molecule has 1 unspecified atom stereocenters. The minimum Gasteiger partial charge on any atom is -0.494 e. The summed E-state index contributed by atoms with van der Waals surface area (Å²) < 4.78 is 11.6. The smallest absolute Gasteiger partial charge is 0.410 e. The van der Waals surface area contributed by atoms with Crippen LogP contribution in [-0.2, 0) is 36.9 Å². The van der Waals surface area contributed by atoms with Gasteiger partial charge in [0.25, 0.3) is 0 Å². The van der Waals surface area contributed by atoms with Crippen molar-refractivity contribution in [2.75, 3.05) is 32.8 Å². The Hall–Kier alpha value is -4.61. The van der Waals surface area contributed by atoms with Crippen LogP contribution in [0, 0.1) is 24.2 Å². The molecule has 1 spiro atoms. The first kappa shape index (κ1) is 38.1. The van der Waals surface area contributed by atoms with E-state index < -0.39 is 23.6 Å². The number of fused-ring (bicyclic) bond motifs is 4. The van der Waals surface area contributed by atoms with Crippen molar-refractivity contribution in [1.29, 1.82) is 0 Å². The van der Waals surface area contributed by atoms with Crippen molar-refractivity contribution in [3.05, 3.63) is 65.2 Å². The number of hydrogen-bond donors (Lipinski definition) is 3. The highest BCUT2D eigenvalue weighted by Gasteiger charge is 2.56. The average molecular weight is 730 g/mol. The molecule has 12 nitrogen and oxygen atoms in total. The van der Waals surface area contributed by atoms with Crippen LogP contribution in [0.15, 0.2) is 48.5 Å². The van der Waals surface area contributed by atoms with Gasteiger partial charge in [-0.3, -0.25) is 19.2 Å². The molecule has 5 amide bonds. The number of rotatable bonds is 5. The summed E-state index contributed by atoms with van der Waals surface area (Å²) >= 11 is 0. The van der Waals surface area contributed by atoms with Gasteiger partial charge in [0.1, 0.15) is 23.4 Å². The lowest BCUT2D eigenvalue weighted by atomic mass is 9.57. The Bertz CT molecular complexity index is 1660. The van der Waals surface area contributed by atoms with Crippen molar-refractivity contribution < 1.29 is 33.4 Å². The zero-order chi connectivity index (χ0) is 37.8. The fourth-order valence-corrected chi connectivity index (χ4v) is 8.05. The van der Waals surface area contributed by atoms with Crippen LogP contribution >= 0.6 is 0 Å². The molecule has 0 radical (unpaired) electrons. The maximum atomic E-state index is 14.1. The van der Waals surface area contributed by atoms with Crippen molar-refractivity contribution in [2.24, 2.45) is 17.3 Å². The van der Waals surface area contributed by atoms with E-state index in [-0.39, 0.29) is 54.0 Å². The molecule has 2 aromatic rings. The predicted molar refractivity (Wildman–Crippen MR) is 199 cm³/mol. The quantitative estimate of drug-likeness (QED) is 0.417. The van der Waals surface area contributed by atoms with Crippen molar-refractivity contribution in [1.82, 2.24) is 25.8 Å². The molecular weight excluding hydrogens is 674 g/mol. The molecule has 3 heterocycles. The number of nitrogens with zero attached hydrogens (tertiary/aromatic N) is 2. The van der Waals surface area contributed by atoms with Crippen LogP contribution < -0.4 is 20.7 Å². The number of piperidine rings is 1. The van der Waals surface area contributed by atoms with Crippen molar-refractivity contribution in [3.63, 3.8) is 0 Å². The van der Waals surface area contributed by atoms with Gasteiger partial charge in [0, 0.05) is 44.1 Å². The first-order valence-electron chi connectivity index (χ1n) is 19.2. The average Bonchev–Trinajstić information content (AvgIpc) is 3.07. The molecule has 3 aliphatic heterocycles. The number of ether oxygens (including phenoxy) is 2. The second-order valence-electron chi connectivity index (χ2n) is 16.6. The molecule has 1 aliphatic carbocycles. The molecule has 3 fully saturated rings. The summed E-state index contributed by atoms with van der Waals surface area (Å²) in [7, 11) is 0. The Labute approximate surface area is 312 Å². The van der Waals surface area contributed by atoms with Gasteiger partial charge < -0.3 is 35.2 Å². The third kappa shape index (κ3) is 9.88. The van der Waals surface area contributed by atoms with Gasteiger partial charge in [-0.2, -0.15) is 0 Å². The van der Waals surface area contributed by atoms with Crippen molar-refractivity contribution in [2.45, 2.75) is 103 Å². The molecule has 2 aromatic carbocycles. The van der Waals surface area contributed by atoms with Crippen LogP contribution in [0.25, 0.3) is 0 Å². The minimum atomic E-state index is -1.15. The highest BCUT2D eigenvalue weighted by molar-refractivity contribution is 5.95. The third-order valence-electron chi connectivity index (χ3n) is 11.1. The monoisotopic (exact) mass is 729 g/mol. The summed E-state index contributed by atoms with van der Waals surface area (Å²) in [5.74, 6) is -0.770. The first-order chi connectivity index (χ1) is 25.3. The number of aryl methyl sites for hydroxylation is 2. The van der Waals surface area contributed by atoms with Crippen LogP contribution in [0.4, 0.5) is 4.79 Å². The highest BCUT2D eigenvalue weighted by atomic mass is 16.6. The third-order valence-corrected chi connectivity index (χ3v) is 11.1. The zero-order valence-corrected chi connectivity index (χ0v) is 31.6. The molecule has 0 aromatic heterocycles. The van der Waals surface area contributed by atoms with E-state index >= 15 is 0 Å². The van der Waals surface area contributed by atoms with Crippen LogP contribution in [-0.4, -0.2) is 90.0 Å². The molecule has 2 saturated heterocycles. The maximum absolute atomic E-state index is 14.1. The standard InChI is InChI=1S/C41H55N5O7/c1-27-12-14-32-19-30(27)23-42-37(49)33(15-13-28-9-6-5-7-10-28)43-38(50)34(20-35(47)45-17-8-11-29(24-45)16-18-52-32)44-36(48)31-21-41(22-31)25-46(26-41)39(51)53-40(2,3)4/h5-7,9-10,12,14,19,29,31,33-34H,8,11,13,15-18,20-26H2,1-4H3,(H,42,49)(H,43,50)(H,44,48)/t29?,33-,34-/m0/s1. The number of nitrogens with one attached hydrogen (secondary N) is 3. The molecule has 53 heavy (non-hydrogen) atoms. The zero-order valence-electron chi connectivity index (χ0n) is 31.6. The largest absolute Gasteiger partial charge is 0.494 e. The van der Waals surface area contributed by atoms with Gasteiger partial charge in [-0.25, -0.2) is 4.79 Å².